The van der Waals surface area contributed by atoms with E-state index in [4.69, 9.17) is 0 Å². The Hall–Kier alpha value is -2.13. The molecule has 2 aromatic rings. The van der Waals surface area contributed by atoms with E-state index in [1.165, 1.54) is 21.6 Å². The topological polar surface area (TPSA) is 24.8 Å². The fourth-order valence-electron chi connectivity index (χ4n) is 3.70. The zero-order valence-electron chi connectivity index (χ0n) is 12.7. The van der Waals surface area contributed by atoms with E-state index >= 15 is 0 Å². The number of carbonyl (C=O) groups excluding carboxylic acids is 1. The van der Waals surface area contributed by atoms with E-state index in [0.717, 1.165) is 38.2 Å². The smallest absolute Gasteiger partial charge is 0.282 e. The molecule has 4 rings (SSSR count). The standard InChI is InChI=1S/C19H20N2O/c22-19(21-12-10-16-6-3-4-8-18(16)21)14-20-11-9-15-5-1-2-7-17(15)13-20/h1-8H,9-14H2/p+1. The lowest BCUT2D eigenvalue weighted by Crippen LogP contribution is -3.12. The van der Waals surface area contributed by atoms with Gasteiger partial charge in [0.2, 0.25) is 0 Å². The number of anilines is 1. The van der Waals surface area contributed by atoms with Crippen LogP contribution >= 0.6 is 0 Å². The van der Waals surface area contributed by atoms with Crippen LogP contribution in [0.2, 0.25) is 0 Å². The monoisotopic (exact) mass is 293 g/mol. The Kier molecular flexibility index (Phi) is 3.43. The van der Waals surface area contributed by atoms with Gasteiger partial charge in [0.05, 0.1) is 6.54 Å². The van der Waals surface area contributed by atoms with Gasteiger partial charge in [-0.2, -0.15) is 0 Å². The second kappa shape index (κ2) is 5.58. The first-order valence-corrected chi connectivity index (χ1v) is 8.10. The number of rotatable bonds is 2. The third-order valence-corrected chi connectivity index (χ3v) is 4.90. The number of quaternary nitrogens is 1. The number of benzene rings is 2. The molecule has 1 atom stereocenters. The molecule has 0 aliphatic carbocycles. The first kappa shape index (κ1) is 13.5. The van der Waals surface area contributed by atoms with Gasteiger partial charge < -0.3 is 9.80 Å². The lowest BCUT2D eigenvalue weighted by Gasteiger charge is -2.27. The Labute approximate surface area is 131 Å². The van der Waals surface area contributed by atoms with Gasteiger partial charge in [0.1, 0.15) is 6.54 Å². The van der Waals surface area contributed by atoms with Crippen molar-refractivity contribution in [3.63, 3.8) is 0 Å². The predicted molar refractivity (Wildman–Crippen MR) is 87.0 cm³/mol. The van der Waals surface area contributed by atoms with Crippen molar-refractivity contribution in [3.05, 3.63) is 65.2 Å². The normalized spacial score (nSPS) is 19.6. The third-order valence-electron chi connectivity index (χ3n) is 4.90. The molecular formula is C19H21N2O+. The number of hydrogen-bond donors (Lipinski definition) is 1. The van der Waals surface area contributed by atoms with Gasteiger partial charge >= 0.3 is 0 Å². The van der Waals surface area contributed by atoms with Gasteiger partial charge in [0.25, 0.3) is 5.91 Å². The van der Waals surface area contributed by atoms with Gasteiger partial charge in [-0.1, -0.05) is 42.5 Å². The van der Waals surface area contributed by atoms with Crippen LogP contribution in [-0.2, 0) is 24.2 Å². The highest BCUT2D eigenvalue weighted by molar-refractivity contribution is 5.96. The maximum Gasteiger partial charge on any atom is 0.282 e. The van der Waals surface area contributed by atoms with Gasteiger partial charge in [-0.15, -0.1) is 0 Å². The van der Waals surface area contributed by atoms with Crippen molar-refractivity contribution in [2.24, 2.45) is 0 Å². The molecule has 2 aliphatic rings. The minimum Gasteiger partial charge on any atom is -0.323 e. The van der Waals surface area contributed by atoms with Crippen molar-refractivity contribution in [1.29, 1.82) is 0 Å². The Bertz CT molecular complexity index is 710. The summed E-state index contributed by atoms with van der Waals surface area (Å²) in [7, 11) is 0. The van der Waals surface area contributed by atoms with Crippen molar-refractivity contribution in [2.75, 3.05) is 24.5 Å². The minimum atomic E-state index is 0.263. The van der Waals surface area contributed by atoms with Crippen LogP contribution in [0.5, 0.6) is 0 Å². The quantitative estimate of drug-likeness (QED) is 0.885. The highest BCUT2D eigenvalue weighted by Gasteiger charge is 2.28. The Morgan fingerprint density at radius 1 is 0.955 bits per heavy atom. The second-order valence-electron chi connectivity index (χ2n) is 6.30. The van der Waals surface area contributed by atoms with Crippen molar-refractivity contribution in [3.8, 4) is 0 Å². The SMILES string of the molecule is O=C(C[NH+]1CCc2ccccc2C1)N1CCc2ccccc21. The molecule has 112 valence electrons. The summed E-state index contributed by atoms with van der Waals surface area (Å²) in [6.07, 6.45) is 2.06. The van der Waals surface area contributed by atoms with Crippen LogP contribution in [-0.4, -0.2) is 25.5 Å². The average molecular weight is 293 g/mol. The molecule has 1 N–H and O–H groups in total. The van der Waals surface area contributed by atoms with E-state index in [2.05, 4.69) is 42.5 Å². The number of nitrogens with one attached hydrogen (secondary N) is 1. The number of fused-ring (bicyclic) bond motifs is 2. The van der Waals surface area contributed by atoms with Crippen LogP contribution in [0.25, 0.3) is 0 Å². The molecule has 0 saturated heterocycles. The number of nitrogens with zero attached hydrogens (tertiary/aromatic N) is 1. The molecule has 0 fully saturated rings. The van der Waals surface area contributed by atoms with E-state index in [1.807, 2.05) is 11.0 Å². The Balaban J connectivity index is 1.46. The summed E-state index contributed by atoms with van der Waals surface area (Å²) in [6, 6.07) is 16.9. The first-order valence-electron chi connectivity index (χ1n) is 8.10. The lowest BCUT2D eigenvalue weighted by atomic mass is 10.00. The van der Waals surface area contributed by atoms with Gasteiger partial charge in [0.15, 0.2) is 6.54 Å². The fourth-order valence-corrected chi connectivity index (χ4v) is 3.70. The lowest BCUT2D eigenvalue weighted by molar-refractivity contribution is -0.907. The number of carbonyl (C=O) groups is 1. The molecule has 0 bridgehead atoms. The summed E-state index contributed by atoms with van der Waals surface area (Å²) in [4.78, 5) is 16.1. The highest BCUT2D eigenvalue weighted by Crippen LogP contribution is 2.27. The van der Waals surface area contributed by atoms with Crippen LogP contribution in [0.3, 0.4) is 0 Å². The molecule has 0 spiro atoms. The van der Waals surface area contributed by atoms with Gasteiger partial charge in [-0.05, 0) is 23.6 Å². The van der Waals surface area contributed by atoms with E-state index in [0.29, 0.717) is 6.54 Å². The van der Waals surface area contributed by atoms with Crippen LogP contribution in [0.4, 0.5) is 5.69 Å². The average Bonchev–Trinajstić information content (AvgIpc) is 2.99. The molecule has 1 amide bonds. The Morgan fingerprint density at radius 2 is 1.68 bits per heavy atom. The largest absolute Gasteiger partial charge is 0.323 e. The number of amides is 1. The molecule has 0 radical (unpaired) electrons. The molecule has 0 saturated carbocycles. The second-order valence-corrected chi connectivity index (χ2v) is 6.30. The van der Waals surface area contributed by atoms with Crippen LogP contribution in [0, 0.1) is 0 Å². The molecule has 2 aliphatic heterocycles. The molecular weight excluding hydrogens is 272 g/mol. The van der Waals surface area contributed by atoms with Crippen molar-refractivity contribution < 1.29 is 9.69 Å². The highest BCUT2D eigenvalue weighted by atomic mass is 16.2. The summed E-state index contributed by atoms with van der Waals surface area (Å²) in [6.45, 7) is 3.46. The molecule has 3 heteroatoms. The first-order chi connectivity index (χ1) is 10.8. The zero-order valence-corrected chi connectivity index (χ0v) is 12.7. The van der Waals surface area contributed by atoms with E-state index in [-0.39, 0.29) is 5.91 Å². The van der Waals surface area contributed by atoms with E-state index in [1.54, 1.807) is 0 Å². The molecule has 3 nitrogen and oxygen atoms in total. The van der Waals surface area contributed by atoms with Crippen molar-refractivity contribution in [2.45, 2.75) is 19.4 Å². The molecule has 0 aromatic heterocycles. The zero-order chi connectivity index (χ0) is 14.9. The summed E-state index contributed by atoms with van der Waals surface area (Å²) in [5, 5.41) is 0. The number of hydrogen-bond acceptors (Lipinski definition) is 1. The Morgan fingerprint density at radius 3 is 2.55 bits per heavy atom. The predicted octanol–water partition coefficient (Wildman–Crippen LogP) is 1.22. The van der Waals surface area contributed by atoms with Crippen LogP contribution in [0.1, 0.15) is 16.7 Å². The van der Waals surface area contributed by atoms with Gasteiger partial charge in [-0.25, -0.2) is 0 Å². The minimum absolute atomic E-state index is 0.263. The molecule has 2 heterocycles. The van der Waals surface area contributed by atoms with Crippen molar-refractivity contribution >= 4 is 11.6 Å². The third kappa shape index (κ3) is 2.42. The van der Waals surface area contributed by atoms with E-state index < -0.39 is 0 Å². The summed E-state index contributed by atoms with van der Waals surface area (Å²) < 4.78 is 0. The fraction of sp³-hybridized carbons (Fsp3) is 0.316. The molecule has 1 unspecified atom stereocenters. The molecule has 22 heavy (non-hydrogen) atoms. The summed E-state index contributed by atoms with van der Waals surface area (Å²) in [5.41, 5.74) is 5.27. The number of para-hydroxylation sites is 1. The van der Waals surface area contributed by atoms with Gasteiger partial charge in [0, 0.05) is 24.2 Å². The summed E-state index contributed by atoms with van der Waals surface area (Å²) >= 11 is 0. The summed E-state index contributed by atoms with van der Waals surface area (Å²) in [5.74, 6) is 0.263. The van der Waals surface area contributed by atoms with E-state index in [9.17, 15) is 4.79 Å². The van der Waals surface area contributed by atoms with Crippen molar-refractivity contribution in [1.82, 2.24) is 0 Å². The van der Waals surface area contributed by atoms with Gasteiger partial charge in [-0.3, -0.25) is 4.79 Å². The maximum atomic E-state index is 12.7. The molecule has 2 aromatic carbocycles. The van der Waals surface area contributed by atoms with Crippen LogP contribution < -0.4 is 9.80 Å². The van der Waals surface area contributed by atoms with Crippen LogP contribution in [0.15, 0.2) is 48.5 Å². The maximum absolute atomic E-state index is 12.7.